The number of hydrogen-bond donors (Lipinski definition) is 2. The normalized spacial score (nSPS) is 17.4. The van der Waals surface area contributed by atoms with Crippen LogP contribution in [-0.2, 0) is 11.3 Å². The molecule has 0 aliphatic carbocycles. The molecule has 28 heavy (non-hydrogen) atoms. The van der Waals surface area contributed by atoms with E-state index >= 15 is 0 Å². The van der Waals surface area contributed by atoms with E-state index in [0.717, 1.165) is 6.42 Å². The van der Waals surface area contributed by atoms with Crippen molar-refractivity contribution in [3.05, 3.63) is 29.8 Å². The molecule has 1 aromatic carbocycles. The van der Waals surface area contributed by atoms with Gasteiger partial charge < -0.3 is 20.3 Å². The highest BCUT2D eigenvalue weighted by atomic mass is 19.4. The first-order valence-electron chi connectivity index (χ1n) is 9.25. The van der Waals surface area contributed by atoms with Crippen LogP contribution in [0, 0.1) is 5.92 Å². The van der Waals surface area contributed by atoms with Crippen molar-refractivity contribution in [2.24, 2.45) is 5.92 Å². The number of carbonyl (C=O) groups excluding carboxylic acids is 2. The number of benzene rings is 1. The zero-order valence-electron chi connectivity index (χ0n) is 16.0. The van der Waals surface area contributed by atoms with E-state index in [0.29, 0.717) is 25.1 Å². The second-order valence-corrected chi connectivity index (χ2v) is 7.16. The maximum atomic E-state index is 12.5. The summed E-state index contributed by atoms with van der Waals surface area (Å²) < 4.78 is 41.5. The minimum atomic E-state index is -4.40. The van der Waals surface area contributed by atoms with E-state index in [4.69, 9.17) is 4.74 Å². The van der Waals surface area contributed by atoms with Gasteiger partial charge in [-0.3, -0.25) is 4.79 Å². The number of urea groups is 1. The van der Waals surface area contributed by atoms with Crippen LogP contribution in [0.25, 0.3) is 0 Å². The Hall–Kier alpha value is -2.45. The molecule has 0 bridgehead atoms. The standard InChI is InChI=1S/C19H26F3N3O3/c1-13(2)24-18(27)25-8-4-6-15(11-25)17(26)23-10-14-5-3-7-16(9-14)28-12-19(20,21)22/h3,5,7,9,13,15H,4,6,8,10-12H2,1-2H3,(H,23,26)(H,24,27)/t15-/m0/s1. The molecule has 1 fully saturated rings. The first-order valence-corrected chi connectivity index (χ1v) is 9.25. The molecule has 2 N–H and O–H groups in total. The first kappa shape index (κ1) is 21.8. The third-order valence-electron chi connectivity index (χ3n) is 4.26. The van der Waals surface area contributed by atoms with Gasteiger partial charge in [0.25, 0.3) is 0 Å². The molecule has 0 aromatic heterocycles. The topological polar surface area (TPSA) is 70.7 Å². The molecule has 156 valence electrons. The fourth-order valence-corrected chi connectivity index (χ4v) is 2.96. The van der Waals surface area contributed by atoms with Crippen LogP contribution < -0.4 is 15.4 Å². The number of hydrogen-bond acceptors (Lipinski definition) is 3. The summed E-state index contributed by atoms with van der Waals surface area (Å²) in [5, 5.41) is 5.61. The molecule has 1 aliphatic heterocycles. The highest BCUT2D eigenvalue weighted by Gasteiger charge is 2.29. The van der Waals surface area contributed by atoms with Crippen molar-refractivity contribution in [3.8, 4) is 5.75 Å². The average molecular weight is 401 g/mol. The zero-order chi connectivity index (χ0) is 20.7. The Morgan fingerprint density at radius 3 is 2.75 bits per heavy atom. The van der Waals surface area contributed by atoms with Gasteiger partial charge in [-0.25, -0.2) is 4.79 Å². The molecule has 1 saturated heterocycles. The molecule has 1 aromatic rings. The van der Waals surface area contributed by atoms with Gasteiger partial charge in [0.15, 0.2) is 6.61 Å². The summed E-state index contributed by atoms with van der Waals surface area (Å²) in [6, 6.07) is 6.02. The third-order valence-corrected chi connectivity index (χ3v) is 4.26. The minimum absolute atomic E-state index is 0.0218. The fraction of sp³-hybridized carbons (Fsp3) is 0.579. The lowest BCUT2D eigenvalue weighted by atomic mass is 9.97. The molecule has 2 rings (SSSR count). The fourth-order valence-electron chi connectivity index (χ4n) is 2.96. The second-order valence-electron chi connectivity index (χ2n) is 7.16. The number of ether oxygens (including phenoxy) is 1. The number of halogens is 3. The summed E-state index contributed by atoms with van der Waals surface area (Å²) in [5.41, 5.74) is 0.637. The van der Waals surface area contributed by atoms with Crippen LogP contribution in [0.2, 0.25) is 0 Å². The van der Waals surface area contributed by atoms with Gasteiger partial charge in [-0.05, 0) is 44.4 Å². The van der Waals surface area contributed by atoms with E-state index in [1.165, 1.54) is 12.1 Å². The molecule has 9 heteroatoms. The van der Waals surface area contributed by atoms with Gasteiger partial charge in [-0.2, -0.15) is 13.2 Å². The van der Waals surface area contributed by atoms with Gasteiger partial charge in [-0.15, -0.1) is 0 Å². The molecule has 0 unspecified atom stereocenters. The Morgan fingerprint density at radius 2 is 2.07 bits per heavy atom. The van der Waals surface area contributed by atoms with E-state index in [9.17, 15) is 22.8 Å². The maximum Gasteiger partial charge on any atom is 0.422 e. The highest BCUT2D eigenvalue weighted by Crippen LogP contribution is 2.20. The number of rotatable bonds is 6. The largest absolute Gasteiger partial charge is 0.484 e. The van der Waals surface area contributed by atoms with Crippen LogP contribution >= 0.6 is 0 Å². The third kappa shape index (κ3) is 7.28. The minimum Gasteiger partial charge on any atom is -0.484 e. The summed E-state index contributed by atoms with van der Waals surface area (Å²) in [7, 11) is 0. The molecule has 1 heterocycles. The summed E-state index contributed by atoms with van der Waals surface area (Å²) in [4.78, 5) is 26.2. The van der Waals surface area contributed by atoms with Crippen LogP contribution in [0.3, 0.4) is 0 Å². The SMILES string of the molecule is CC(C)NC(=O)N1CCC[C@H](C(=O)NCc2cccc(OCC(F)(F)F)c2)C1. The number of alkyl halides is 3. The van der Waals surface area contributed by atoms with E-state index in [1.54, 1.807) is 17.0 Å². The number of amides is 3. The Balaban J connectivity index is 1.85. The molecule has 3 amide bonds. The lowest BCUT2D eigenvalue weighted by Gasteiger charge is -2.32. The summed E-state index contributed by atoms with van der Waals surface area (Å²) in [6.07, 6.45) is -2.98. The van der Waals surface area contributed by atoms with Gasteiger partial charge in [0.05, 0.1) is 5.92 Å². The Morgan fingerprint density at radius 1 is 1.32 bits per heavy atom. The zero-order valence-corrected chi connectivity index (χ0v) is 16.0. The molecule has 1 atom stereocenters. The van der Waals surface area contributed by atoms with Crippen molar-refractivity contribution in [2.75, 3.05) is 19.7 Å². The molecule has 0 spiro atoms. The molecular formula is C19H26F3N3O3. The van der Waals surface area contributed by atoms with Crippen molar-refractivity contribution in [1.82, 2.24) is 15.5 Å². The van der Waals surface area contributed by atoms with Gasteiger partial charge in [0, 0.05) is 25.7 Å². The van der Waals surface area contributed by atoms with Gasteiger partial charge >= 0.3 is 12.2 Å². The number of carbonyl (C=O) groups is 2. The summed E-state index contributed by atoms with van der Waals surface area (Å²) in [5.74, 6) is -0.391. The number of piperidine rings is 1. The predicted octanol–water partition coefficient (Wildman–Crippen LogP) is 3.07. The van der Waals surface area contributed by atoms with E-state index in [1.807, 2.05) is 13.8 Å². The van der Waals surface area contributed by atoms with E-state index in [-0.39, 0.29) is 36.2 Å². The monoisotopic (exact) mass is 401 g/mol. The summed E-state index contributed by atoms with van der Waals surface area (Å²) >= 11 is 0. The van der Waals surface area contributed by atoms with Crippen molar-refractivity contribution in [3.63, 3.8) is 0 Å². The molecule has 1 aliphatic rings. The summed E-state index contributed by atoms with van der Waals surface area (Å²) in [6.45, 7) is 3.52. The highest BCUT2D eigenvalue weighted by molar-refractivity contribution is 5.80. The van der Waals surface area contributed by atoms with Crippen LogP contribution in [-0.4, -0.2) is 48.8 Å². The maximum absolute atomic E-state index is 12.5. The number of likely N-dealkylation sites (tertiary alicyclic amines) is 1. The van der Waals surface area contributed by atoms with Crippen molar-refractivity contribution in [2.45, 2.75) is 45.5 Å². The van der Waals surface area contributed by atoms with Crippen LogP contribution in [0.5, 0.6) is 5.75 Å². The molecular weight excluding hydrogens is 375 g/mol. The lowest BCUT2D eigenvalue weighted by Crippen LogP contribution is -2.50. The van der Waals surface area contributed by atoms with Gasteiger partial charge in [-0.1, -0.05) is 12.1 Å². The van der Waals surface area contributed by atoms with Crippen molar-refractivity contribution in [1.29, 1.82) is 0 Å². The van der Waals surface area contributed by atoms with E-state index in [2.05, 4.69) is 10.6 Å². The van der Waals surface area contributed by atoms with Crippen LogP contribution in [0.4, 0.5) is 18.0 Å². The van der Waals surface area contributed by atoms with Gasteiger partial charge in [0.2, 0.25) is 5.91 Å². The molecule has 6 nitrogen and oxygen atoms in total. The van der Waals surface area contributed by atoms with E-state index < -0.39 is 12.8 Å². The van der Waals surface area contributed by atoms with Crippen molar-refractivity contribution >= 4 is 11.9 Å². The molecule has 0 saturated carbocycles. The van der Waals surface area contributed by atoms with Gasteiger partial charge in [0.1, 0.15) is 5.75 Å². The number of nitrogens with zero attached hydrogens (tertiary/aromatic N) is 1. The second kappa shape index (κ2) is 9.66. The predicted molar refractivity (Wildman–Crippen MR) is 97.8 cm³/mol. The van der Waals surface area contributed by atoms with Crippen LogP contribution in [0.1, 0.15) is 32.3 Å². The lowest BCUT2D eigenvalue weighted by molar-refractivity contribution is -0.153. The first-order chi connectivity index (χ1) is 13.1. The van der Waals surface area contributed by atoms with Crippen molar-refractivity contribution < 1.29 is 27.5 Å². The number of nitrogens with one attached hydrogen (secondary N) is 2. The average Bonchev–Trinajstić information content (AvgIpc) is 2.64. The molecule has 0 radical (unpaired) electrons. The Labute approximate surface area is 162 Å². The smallest absolute Gasteiger partial charge is 0.422 e. The Kier molecular flexibility index (Phi) is 7.53. The Bertz CT molecular complexity index is 680. The quantitative estimate of drug-likeness (QED) is 0.770. The van der Waals surface area contributed by atoms with Crippen LogP contribution in [0.15, 0.2) is 24.3 Å².